The Bertz CT molecular complexity index is 774. The van der Waals surface area contributed by atoms with Crippen molar-refractivity contribution in [1.82, 2.24) is 0 Å². The number of nitrogens with zero attached hydrogens (tertiary/aromatic N) is 3. The van der Waals surface area contributed by atoms with Gasteiger partial charge in [-0.1, -0.05) is 42.1 Å². The van der Waals surface area contributed by atoms with Gasteiger partial charge in [0, 0.05) is 36.2 Å². The molecule has 0 amide bonds. The minimum Gasteiger partial charge on any atom is -0.507 e. The second kappa shape index (κ2) is 9.26. The predicted octanol–water partition coefficient (Wildman–Crippen LogP) is 2.81. The van der Waals surface area contributed by atoms with Crippen molar-refractivity contribution in [3.05, 3.63) is 59.7 Å². The molecule has 0 radical (unpaired) electrons. The normalized spacial score (nSPS) is 15.5. The number of rotatable bonds is 5. The topological polar surface area (TPSA) is 83.4 Å². The van der Waals surface area contributed by atoms with Gasteiger partial charge in [0.15, 0.2) is 5.17 Å². The molecule has 1 fully saturated rings. The van der Waals surface area contributed by atoms with Gasteiger partial charge < -0.3 is 20.5 Å². The van der Waals surface area contributed by atoms with Crippen molar-refractivity contribution in [2.45, 2.75) is 5.75 Å². The highest BCUT2D eigenvalue weighted by Gasteiger charge is 2.12. The summed E-state index contributed by atoms with van der Waals surface area (Å²) in [5, 5.41) is 18.5. The minimum atomic E-state index is 0.170. The first-order chi connectivity index (χ1) is 12.7. The van der Waals surface area contributed by atoms with E-state index < -0.39 is 0 Å². The average molecular weight is 370 g/mol. The molecule has 26 heavy (non-hydrogen) atoms. The molecular weight excluding hydrogens is 348 g/mol. The molecule has 2 aromatic carbocycles. The average Bonchev–Trinajstić information content (AvgIpc) is 2.69. The lowest BCUT2D eigenvalue weighted by atomic mass is 10.2. The number of nitrogens with two attached hydrogens (primary N) is 1. The van der Waals surface area contributed by atoms with E-state index in [1.54, 1.807) is 6.07 Å². The fourth-order valence-electron chi connectivity index (χ4n) is 2.57. The van der Waals surface area contributed by atoms with Crippen LogP contribution in [-0.2, 0) is 10.5 Å². The summed E-state index contributed by atoms with van der Waals surface area (Å²) < 4.78 is 5.34. The SMILES string of the molecule is NC(=NN=Cc1ccc(N2CCOCC2)cc1O)SCc1ccccc1. The molecule has 2 aromatic rings. The fourth-order valence-corrected chi connectivity index (χ4v) is 3.18. The summed E-state index contributed by atoms with van der Waals surface area (Å²) >= 11 is 1.42. The zero-order chi connectivity index (χ0) is 18.2. The van der Waals surface area contributed by atoms with Crippen LogP contribution in [0.25, 0.3) is 0 Å². The summed E-state index contributed by atoms with van der Waals surface area (Å²) in [5.41, 5.74) is 8.62. The number of amidine groups is 1. The van der Waals surface area contributed by atoms with Crippen LogP contribution < -0.4 is 10.6 Å². The molecule has 136 valence electrons. The lowest BCUT2D eigenvalue weighted by Gasteiger charge is -2.29. The van der Waals surface area contributed by atoms with Crippen molar-refractivity contribution in [2.75, 3.05) is 31.2 Å². The number of hydrogen-bond acceptors (Lipinski definition) is 6. The van der Waals surface area contributed by atoms with Crippen molar-refractivity contribution in [3.8, 4) is 5.75 Å². The standard InChI is InChI=1S/C19H22N4O2S/c20-19(26-14-15-4-2-1-3-5-15)22-21-13-16-6-7-17(12-18(16)24)23-8-10-25-11-9-23/h1-7,12-13,24H,8-11,14H2,(H2,20,22). The summed E-state index contributed by atoms with van der Waals surface area (Å²) in [6, 6.07) is 15.6. The van der Waals surface area contributed by atoms with Gasteiger partial charge in [0.05, 0.1) is 19.4 Å². The van der Waals surface area contributed by atoms with Crippen LogP contribution in [-0.4, -0.2) is 42.8 Å². The van der Waals surface area contributed by atoms with Crippen molar-refractivity contribution >= 4 is 28.8 Å². The highest BCUT2D eigenvalue weighted by Crippen LogP contribution is 2.24. The Hall–Kier alpha value is -2.51. The molecule has 1 heterocycles. The molecule has 0 unspecified atom stereocenters. The smallest absolute Gasteiger partial charge is 0.180 e. The second-order valence-corrected chi connectivity index (χ2v) is 6.80. The maximum atomic E-state index is 10.2. The van der Waals surface area contributed by atoms with Gasteiger partial charge in [0.25, 0.3) is 0 Å². The maximum absolute atomic E-state index is 10.2. The molecule has 6 nitrogen and oxygen atoms in total. The number of thioether (sulfide) groups is 1. The third kappa shape index (κ3) is 5.24. The third-order valence-electron chi connectivity index (χ3n) is 3.97. The molecule has 7 heteroatoms. The van der Waals surface area contributed by atoms with E-state index >= 15 is 0 Å². The number of anilines is 1. The minimum absolute atomic E-state index is 0.170. The predicted molar refractivity (Wildman–Crippen MR) is 108 cm³/mol. The molecule has 0 saturated carbocycles. The number of phenolic OH excluding ortho intramolecular Hbond substituents is 1. The van der Waals surface area contributed by atoms with Crippen LogP contribution >= 0.6 is 11.8 Å². The van der Waals surface area contributed by atoms with E-state index in [1.165, 1.54) is 23.5 Å². The van der Waals surface area contributed by atoms with Gasteiger partial charge in [-0.25, -0.2) is 0 Å². The van der Waals surface area contributed by atoms with Gasteiger partial charge in [-0.05, 0) is 17.7 Å². The van der Waals surface area contributed by atoms with Gasteiger partial charge in [-0.15, -0.1) is 5.10 Å². The largest absolute Gasteiger partial charge is 0.507 e. The number of morpholine rings is 1. The summed E-state index contributed by atoms with van der Waals surface area (Å²) in [5.74, 6) is 0.911. The molecule has 0 atom stereocenters. The van der Waals surface area contributed by atoms with Crippen LogP contribution in [0.15, 0.2) is 58.7 Å². The molecule has 1 aliphatic heterocycles. The van der Waals surface area contributed by atoms with Crippen LogP contribution in [0.1, 0.15) is 11.1 Å². The quantitative estimate of drug-likeness (QED) is 0.480. The maximum Gasteiger partial charge on any atom is 0.180 e. The first kappa shape index (κ1) is 18.3. The van der Waals surface area contributed by atoms with E-state index in [0.29, 0.717) is 23.9 Å². The van der Waals surface area contributed by atoms with E-state index in [2.05, 4.69) is 15.1 Å². The Morgan fingerprint density at radius 2 is 1.96 bits per heavy atom. The fraction of sp³-hybridized carbons (Fsp3) is 0.263. The molecule has 0 bridgehead atoms. The third-order valence-corrected chi connectivity index (χ3v) is 4.83. The molecule has 3 rings (SSSR count). The van der Waals surface area contributed by atoms with E-state index in [-0.39, 0.29) is 5.75 Å². The molecule has 0 spiro atoms. The van der Waals surface area contributed by atoms with Gasteiger partial charge >= 0.3 is 0 Å². The number of benzene rings is 2. The Kier molecular flexibility index (Phi) is 6.51. The highest BCUT2D eigenvalue weighted by molar-refractivity contribution is 8.13. The van der Waals surface area contributed by atoms with Crippen LogP contribution in [0.5, 0.6) is 5.75 Å². The summed E-state index contributed by atoms with van der Waals surface area (Å²) in [4.78, 5) is 2.18. The molecule has 3 N–H and O–H groups in total. The molecule has 0 aliphatic carbocycles. The lowest BCUT2D eigenvalue weighted by Crippen LogP contribution is -2.36. The van der Waals surface area contributed by atoms with Crippen molar-refractivity contribution in [1.29, 1.82) is 0 Å². The molecule has 1 saturated heterocycles. The van der Waals surface area contributed by atoms with Gasteiger partial charge in [-0.2, -0.15) is 5.10 Å². The number of hydrogen-bond donors (Lipinski definition) is 2. The number of ether oxygens (including phenoxy) is 1. The van der Waals surface area contributed by atoms with E-state index in [1.807, 2.05) is 42.5 Å². The lowest BCUT2D eigenvalue weighted by molar-refractivity contribution is 0.122. The van der Waals surface area contributed by atoms with Crippen LogP contribution in [0, 0.1) is 0 Å². The zero-order valence-electron chi connectivity index (χ0n) is 14.4. The summed E-state index contributed by atoms with van der Waals surface area (Å²) in [6.07, 6.45) is 1.51. The Morgan fingerprint density at radius 1 is 1.19 bits per heavy atom. The highest BCUT2D eigenvalue weighted by atomic mass is 32.2. The van der Waals surface area contributed by atoms with Gasteiger partial charge in [0.2, 0.25) is 0 Å². The van der Waals surface area contributed by atoms with Crippen LogP contribution in [0.3, 0.4) is 0 Å². The Morgan fingerprint density at radius 3 is 2.69 bits per heavy atom. The van der Waals surface area contributed by atoms with Crippen molar-refractivity contribution in [2.24, 2.45) is 15.9 Å². The zero-order valence-corrected chi connectivity index (χ0v) is 15.2. The molecule has 0 aromatic heterocycles. The first-order valence-corrected chi connectivity index (χ1v) is 9.40. The number of aromatic hydroxyl groups is 1. The Labute approximate surface area is 157 Å². The molecule has 1 aliphatic rings. The van der Waals surface area contributed by atoms with Crippen molar-refractivity contribution < 1.29 is 9.84 Å². The first-order valence-electron chi connectivity index (χ1n) is 8.41. The monoisotopic (exact) mass is 370 g/mol. The number of phenols is 1. The van der Waals surface area contributed by atoms with Gasteiger partial charge in [0.1, 0.15) is 5.75 Å². The summed E-state index contributed by atoms with van der Waals surface area (Å²) in [7, 11) is 0. The van der Waals surface area contributed by atoms with Gasteiger partial charge in [-0.3, -0.25) is 0 Å². The van der Waals surface area contributed by atoms with E-state index in [0.717, 1.165) is 24.5 Å². The summed E-state index contributed by atoms with van der Waals surface area (Å²) in [6.45, 7) is 3.07. The molecular formula is C19H22N4O2S. The van der Waals surface area contributed by atoms with E-state index in [4.69, 9.17) is 10.5 Å². The Balaban J connectivity index is 1.57. The van der Waals surface area contributed by atoms with Crippen molar-refractivity contribution in [3.63, 3.8) is 0 Å². The van der Waals surface area contributed by atoms with E-state index in [9.17, 15) is 5.11 Å². The van der Waals surface area contributed by atoms with Crippen LogP contribution in [0.2, 0.25) is 0 Å². The second-order valence-electron chi connectivity index (χ2n) is 5.80. The van der Waals surface area contributed by atoms with Crippen LogP contribution in [0.4, 0.5) is 5.69 Å².